The Bertz CT molecular complexity index is 1210. The average molecular weight is 449 g/mol. The summed E-state index contributed by atoms with van der Waals surface area (Å²) in [5.41, 5.74) is 1.74. The Hall–Kier alpha value is -3.68. The second-order valence-corrected chi connectivity index (χ2v) is 7.95. The van der Waals surface area contributed by atoms with Gasteiger partial charge in [-0.25, -0.2) is 14.8 Å². The molecule has 0 unspecified atom stereocenters. The number of anilines is 2. The Labute approximate surface area is 188 Å². The zero-order valence-corrected chi connectivity index (χ0v) is 17.3. The van der Waals surface area contributed by atoms with Crippen LogP contribution in [0.5, 0.6) is 0 Å². The van der Waals surface area contributed by atoms with Crippen LogP contribution < -0.4 is 9.96 Å². The number of hydrogen-bond donors (Lipinski definition) is 1. The second kappa shape index (κ2) is 7.78. The molecule has 3 aromatic rings. The van der Waals surface area contributed by atoms with Gasteiger partial charge in [-0.1, -0.05) is 48.0 Å². The van der Waals surface area contributed by atoms with Crippen LogP contribution in [0.1, 0.15) is 22.0 Å². The highest BCUT2D eigenvalue weighted by atomic mass is 35.5. The predicted octanol–water partition coefficient (Wildman–Crippen LogP) is 4.09. The van der Waals surface area contributed by atoms with Crippen LogP contribution in [-0.4, -0.2) is 29.0 Å². The molecular formula is C24H17ClN2O5. The molecule has 3 aromatic carbocycles. The number of carbonyl (C=O) groups is 3. The molecular weight excluding hydrogens is 432 g/mol. The summed E-state index contributed by atoms with van der Waals surface area (Å²) in [5, 5.41) is 11.2. The fourth-order valence-corrected chi connectivity index (χ4v) is 4.50. The van der Waals surface area contributed by atoms with Gasteiger partial charge in [0.1, 0.15) is 5.92 Å². The van der Waals surface area contributed by atoms with Crippen LogP contribution in [0.15, 0.2) is 78.9 Å². The molecule has 3 atom stereocenters. The molecule has 0 radical (unpaired) electrons. The maximum absolute atomic E-state index is 13.5. The largest absolute Gasteiger partial charge is 0.478 e. The Morgan fingerprint density at radius 1 is 0.844 bits per heavy atom. The summed E-state index contributed by atoms with van der Waals surface area (Å²) in [6.07, 6.45) is -1.02. The van der Waals surface area contributed by atoms with Crippen LogP contribution >= 0.6 is 11.6 Å². The van der Waals surface area contributed by atoms with Crippen molar-refractivity contribution in [3.63, 3.8) is 0 Å². The number of benzene rings is 3. The van der Waals surface area contributed by atoms with E-state index >= 15 is 0 Å². The monoisotopic (exact) mass is 448 g/mol. The van der Waals surface area contributed by atoms with Gasteiger partial charge in [0.05, 0.1) is 23.0 Å². The number of fused-ring (bicyclic) bond motifs is 1. The zero-order chi connectivity index (χ0) is 22.4. The van der Waals surface area contributed by atoms with E-state index < -0.39 is 35.8 Å². The van der Waals surface area contributed by atoms with Gasteiger partial charge in [0.2, 0.25) is 5.91 Å². The molecule has 32 heavy (non-hydrogen) atoms. The third-order valence-electron chi connectivity index (χ3n) is 5.72. The number of amides is 2. The van der Waals surface area contributed by atoms with E-state index in [4.69, 9.17) is 21.5 Å². The normalized spacial score (nSPS) is 22.3. The lowest BCUT2D eigenvalue weighted by Crippen LogP contribution is -2.37. The first-order chi connectivity index (χ1) is 15.5. The third-order valence-corrected chi connectivity index (χ3v) is 6.07. The second-order valence-electron chi connectivity index (χ2n) is 7.54. The predicted molar refractivity (Wildman–Crippen MR) is 117 cm³/mol. The number of carbonyl (C=O) groups excluding carboxylic acids is 2. The van der Waals surface area contributed by atoms with Gasteiger partial charge < -0.3 is 5.11 Å². The molecule has 7 nitrogen and oxygen atoms in total. The van der Waals surface area contributed by atoms with Gasteiger partial charge in [-0.15, -0.1) is 0 Å². The number of rotatable bonds is 4. The van der Waals surface area contributed by atoms with Crippen LogP contribution in [0.2, 0.25) is 5.02 Å². The standard InChI is InChI=1S/C24H17ClN2O5/c25-18-9-5-4-8-17(18)20-19-21(32-27(20)16-6-2-1-3-7-16)23(29)26(22(19)28)15-12-10-14(11-13-15)24(30)31/h1-13,19-21H,(H,30,31)/t19-,20-,21+/m0/s1. The molecule has 0 aliphatic carbocycles. The summed E-state index contributed by atoms with van der Waals surface area (Å²) in [5.74, 6) is -2.83. The number of carboxylic acid groups (broad SMARTS) is 1. The molecule has 0 spiro atoms. The summed E-state index contributed by atoms with van der Waals surface area (Å²) in [7, 11) is 0. The molecule has 0 saturated carbocycles. The molecule has 160 valence electrons. The number of hydrogen-bond acceptors (Lipinski definition) is 5. The van der Waals surface area contributed by atoms with E-state index in [1.165, 1.54) is 24.3 Å². The van der Waals surface area contributed by atoms with Crippen LogP contribution in [-0.2, 0) is 14.4 Å². The lowest BCUT2D eigenvalue weighted by atomic mass is 9.90. The van der Waals surface area contributed by atoms with Gasteiger partial charge in [-0.3, -0.25) is 14.4 Å². The van der Waals surface area contributed by atoms with Crippen LogP contribution in [0.3, 0.4) is 0 Å². The van der Waals surface area contributed by atoms with Crippen molar-refractivity contribution in [1.82, 2.24) is 0 Å². The molecule has 2 fully saturated rings. The van der Waals surface area contributed by atoms with E-state index in [2.05, 4.69) is 0 Å². The minimum absolute atomic E-state index is 0.0634. The van der Waals surface area contributed by atoms with Crippen LogP contribution in [0, 0.1) is 5.92 Å². The van der Waals surface area contributed by atoms with Crippen LogP contribution in [0.25, 0.3) is 0 Å². The first-order valence-electron chi connectivity index (χ1n) is 9.94. The van der Waals surface area contributed by atoms with Crippen molar-refractivity contribution in [2.75, 3.05) is 9.96 Å². The Kier molecular flexibility index (Phi) is 4.92. The molecule has 1 N–H and O–H groups in total. The van der Waals surface area contributed by atoms with Gasteiger partial charge in [-0.05, 0) is 48.0 Å². The summed E-state index contributed by atoms with van der Waals surface area (Å²) < 4.78 is 0. The number of halogens is 1. The quantitative estimate of drug-likeness (QED) is 0.605. The van der Waals surface area contributed by atoms with Crippen molar-refractivity contribution in [3.8, 4) is 0 Å². The lowest BCUT2D eigenvalue weighted by molar-refractivity contribution is -0.126. The van der Waals surface area contributed by atoms with Crippen molar-refractivity contribution in [2.45, 2.75) is 12.1 Å². The van der Waals surface area contributed by atoms with Gasteiger partial charge >= 0.3 is 5.97 Å². The molecule has 2 aliphatic heterocycles. The highest BCUT2D eigenvalue weighted by Crippen LogP contribution is 2.48. The summed E-state index contributed by atoms with van der Waals surface area (Å²) in [4.78, 5) is 45.0. The van der Waals surface area contributed by atoms with E-state index in [0.717, 1.165) is 4.90 Å². The van der Waals surface area contributed by atoms with Crippen molar-refractivity contribution >= 4 is 40.8 Å². The van der Waals surface area contributed by atoms with Crippen molar-refractivity contribution in [3.05, 3.63) is 95.0 Å². The van der Waals surface area contributed by atoms with E-state index in [-0.39, 0.29) is 5.56 Å². The fraction of sp³-hybridized carbons (Fsp3) is 0.125. The average Bonchev–Trinajstić information content (AvgIpc) is 3.31. The Morgan fingerprint density at radius 2 is 1.50 bits per heavy atom. The highest BCUT2D eigenvalue weighted by molar-refractivity contribution is 6.31. The smallest absolute Gasteiger partial charge is 0.335 e. The van der Waals surface area contributed by atoms with E-state index in [9.17, 15) is 14.4 Å². The number of imide groups is 1. The molecule has 0 bridgehead atoms. The number of aromatic carboxylic acids is 1. The molecule has 0 aromatic heterocycles. The highest BCUT2D eigenvalue weighted by Gasteiger charge is 2.60. The minimum atomic E-state index is -1.09. The number of para-hydroxylation sites is 1. The van der Waals surface area contributed by atoms with E-state index in [1.54, 1.807) is 17.2 Å². The number of nitrogens with zero attached hydrogens (tertiary/aromatic N) is 2. The SMILES string of the molecule is O=C(O)c1ccc(N2C(=O)[C@@H]3[C@@H](ON(c4ccccc4)[C@H]3c3ccccc3Cl)C2=O)cc1. The maximum Gasteiger partial charge on any atom is 0.335 e. The van der Waals surface area contributed by atoms with Crippen molar-refractivity contribution < 1.29 is 24.3 Å². The van der Waals surface area contributed by atoms with Gasteiger partial charge in [0.15, 0.2) is 6.10 Å². The zero-order valence-electron chi connectivity index (χ0n) is 16.6. The van der Waals surface area contributed by atoms with Gasteiger partial charge in [0, 0.05) is 5.02 Å². The topological polar surface area (TPSA) is 87.2 Å². The third kappa shape index (κ3) is 3.14. The Balaban J connectivity index is 1.57. The van der Waals surface area contributed by atoms with E-state index in [0.29, 0.717) is 22.0 Å². The van der Waals surface area contributed by atoms with Gasteiger partial charge in [0.25, 0.3) is 5.91 Å². The van der Waals surface area contributed by atoms with Crippen LogP contribution in [0.4, 0.5) is 11.4 Å². The number of hydroxylamine groups is 1. The molecule has 8 heteroatoms. The lowest BCUT2D eigenvalue weighted by Gasteiger charge is -2.29. The van der Waals surface area contributed by atoms with Crippen molar-refractivity contribution in [2.24, 2.45) is 5.92 Å². The molecule has 2 heterocycles. The molecule has 2 saturated heterocycles. The molecule has 2 aliphatic rings. The maximum atomic E-state index is 13.5. The first kappa shape index (κ1) is 20.2. The summed E-state index contributed by atoms with van der Waals surface area (Å²) in [6.45, 7) is 0. The fourth-order valence-electron chi connectivity index (χ4n) is 4.25. The first-order valence-corrected chi connectivity index (χ1v) is 10.3. The Morgan fingerprint density at radius 3 is 2.16 bits per heavy atom. The van der Waals surface area contributed by atoms with Gasteiger partial charge in [-0.2, -0.15) is 0 Å². The van der Waals surface area contributed by atoms with Crippen molar-refractivity contribution in [1.29, 1.82) is 0 Å². The summed E-state index contributed by atoms with van der Waals surface area (Å²) in [6, 6.07) is 21.4. The van der Waals surface area contributed by atoms with E-state index in [1.807, 2.05) is 42.5 Å². The summed E-state index contributed by atoms with van der Waals surface area (Å²) >= 11 is 6.48. The number of carboxylic acids is 1. The molecule has 5 rings (SSSR count). The molecule has 2 amide bonds. The minimum Gasteiger partial charge on any atom is -0.478 e.